The van der Waals surface area contributed by atoms with Gasteiger partial charge in [0.1, 0.15) is 36.6 Å². The van der Waals surface area contributed by atoms with Crippen molar-refractivity contribution in [1.29, 1.82) is 0 Å². The molecule has 0 aromatic carbocycles. The van der Waals surface area contributed by atoms with Crippen molar-refractivity contribution >= 4 is 6.29 Å². The molecule has 0 aliphatic heterocycles. The van der Waals surface area contributed by atoms with Crippen molar-refractivity contribution in [2.45, 2.75) is 55.3 Å². The number of aliphatic hydroxyl groups is 8. The van der Waals surface area contributed by atoms with Crippen molar-refractivity contribution in [3.05, 3.63) is 0 Å². The first-order chi connectivity index (χ1) is 10.8. The maximum atomic E-state index is 10.5. The Morgan fingerprint density at radius 1 is 1.04 bits per heavy atom. The number of hydrogen-bond donors (Lipinski definition) is 8. The van der Waals surface area contributed by atoms with E-state index in [9.17, 15) is 40.5 Å². The number of rotatable bonds is 8. The minimum absolute atomic E-state index is 0.0115. The number of hydrogen-bond acceptors (Lipinski definition) is 10. The summed E-state index contributed by atoms with van der Waals surface area (Å²) in [7, 11) is 0. The second-order valence-electron chi connectivity index (χ2n) is 5.66. The van der Waals surface area contributed by atoms with Crippen LogP contribution in [-0.2, 0) is 9.53 Å². The van der Waals surface area contributed by atoms with Gasteiger partial charge in [-0.15, -0.1) is 0 Å². The van der Waals surface area contributed by atoms with E-state index in [-0.39, 0.29) is 12.7 Å². The molecular weight excluding hydrogens is 316 g/mol. The molecule has 9 atom stereocenters. The Morgan fingerprint density at radius 3 is 2.13 bits per heavy atom. The first kappa shape index (κ1) is 20.4. The van der Waals surface area contributed by atoms with Gasteiger partial charge in [0.05, 0.1) is 18.8 Å². The van der Waals surface area contributed by atoms with E-state index in [1.54, 1.807) is 0 Å². The van der Waals surface area contributed by atoms with E-state index in [1.807, 2.05) is 0 Å². The second kappa shape index (κ2) is 8.97. The summed E-state index contributed by atoms with van der Waals surface area (Å²) in [5.74, 6) is -0.821. The van der Waals surface area contributed by atoms with E-state index in [0.29, 0.717) is 0 Å². The normalized spacial score (nSPS) is 37.0. The lowest BCUT2D eigenvalue weighted by Gasteiger charge is -2.42. The molecule has 0 aromatic rings. The highest BCUT2D eigenvalue weighted by atomic mass is 16.5. The fourth-order valence-electron chi connectivity index (χ4n) is 2.58. The van der Waals surface area contributed by atoms with Gasteiger partial charge in [-0.2, -0.15) is 0 Å². The van der Waals surface area contributed by atoms with Crippen LogP contribution in [0.3, 0.4) is 0 Å². The van der Waals surface area contributed by atoms with E-state index in [0.717, 1.165) is 0 Å². The fraction of sp³-hybridized carbons (Fsp3) is 0.923. The van der Waals surface area contributed by atoms with E-state index >= 15 is 0 Å². The molecule has 1 aliphatic rings. The fourth-order valence-corrected chi connectivity index (χ4v) is 2.58. The maximum Gasteiger partial charge on any atom is 0.151 e. The summed E-state index contributed by atoms with van der Waals surface area (Å²) in [4.78, 5) is 10.5. The minimum atomic E-state index is -1.90. The highest BCUT2D eigenvalue weighted by molar-refractivity contribution is 5.56. The molecule has 10 heteroatoms. The third-order valence-electron chi connectivity index (χ3n) is 4.06. The molecular formula is C13H24O10. The lowest BCUT2D eigenvalue weighted by molar-refractivity contribution is -0.223. The van der Waals surface area contributed by atoms with Crippen molar-refractivity contribution in [3.8, 4) is 0 Å². The molecule has 1 fully saturated rings. The van der Waals surface area contributed by atoms with Gasteiger partial charge in [0.2, 0.25) is 0 Å². The van der Waals surface area contributed by atoms with Crippen LogP contribution in [0.15, 0.2) is 0 Å². The molecule has 0 amide bonds. The zero-order chi connectivity index (χ0) is 17.7. The molecule has 0 aromatic heterocycles. The predicted octanol–water partition coefficient (Wildman–Crippen LogP) is -4.89. The molecule has 0 radical (unpaired) electrons. The third-order valence-corrected chi connectivity index (χ3v) is 4.06. The first-order valence-electron chi connectivity index (χ1n) is 7.19. The van der Waals surface area contributed by atoms with Crippen LogP contribution in [-0.4, -0.2) is 109 Å². The highest BCUT2D eigenvalue weighted by Crippen LogP contribution is 2.29. The molecule has 1 saturated carbocycles. The van der Waals surface area contributed by atoms with E-state index in [4.69, 9.17) is 9.84 Å². The summed E-state index contributed by atoms with van der Waals surface area (Å²) in [5.41, 5.74) is 0. The monoisotopic (exact) mass is 340 g/mol. The lowest BCUT2D eigenvalue weighted by atomic mass is 9.81. The number of aliphatic hydroxyl groups excluding tert-OH is 8. The molecule has 0 heterocycles. The van der Waals surface area contributed by atoms with Crippen LogP contribution >= 0.6 is 0 Å². The zero-order valence-electron chi connectivity index (χ0n) is 12.3. The van der Waals surface area contributed by atoms with Crippen molar-refractivity contribution < 1.29 is 50.4 Å². The molecule has 136 valence electrons. The van der Waals surface area contributed by atoms with E-state index in [2.05, 4.69) is 0 Å². The topological polar surface area (TPSA) is 188 Å². The standard InChI is InChI=1S/C13H24O10/c14-2-5-1-8(11(21)12(22)9(5)19)23-13(7(18)4-16)10(20)6(17)3-15/h3,5-14,16-22H,1-2,4H2/t5-,6+,7-,8-,9+,10-,11-,12+,13-/m1/s1. The van der Waals surface area contributed by atoms with Crippen LogP contribution in [0.4, 0.5) is 0 Å². The first-order valence-corrected chi connectivity index (χ1v) is 7.19. The van der Waals surface area contributed by atoms with Gasteiger partial charge in [0, 0.05) is 12.5 Å². The molecule has 23 heavy (non-hydrogen) atoms. The Morgan fingerprint density at radius 2 is 1.65 bits per heavy atom. The lowest BCUT2D eigenvalue weighted by Crippen LogP contribution is -2.58. The van der Waals surface area contributed by atoms with Gasteiger partial charge >= 0.3 is 0 Å². The average Bonchev–Trinajstić information content (AvgIpc) is 2.57. The zero-order valence-corrected chi connectivity index (χ0v) is 12.3. The predicted molar refractivity (Wildman–Crippen MR) is 73.0 cm³/mol. The number of carbonyl (C=O) groups is 1. The molecule has 0 unspecified atom stereocenters. The Hall–Kier alpha value is -0.690. The molecule has 0 bridgehead atoms. The van der Waals surface area contributed by atoms with Crippen LogP contribution in [0, 0.1) is 5.92 Å². The van der Waals surface area contributed by atoms with Crippen molar-refractivity contribution in [1.82, 2.24) is 0 Å². The van der Waals surface area contributed by atoms with Crippen molar-refractivity contribution in [2.75, 3.05) is 13.2 Å². The largest absolute Gasteiger partial charge is 0.396 e. The Balaban J connectivity index is 2.91. The van der Waals surface area contributed by atoms with Gasteiger partial charge < -0.3 is 50.4 Å². The van der Waals surface area contributed by atoms with Gasteiger partial charge in [-0.25, -0.2) is 0 Å². The van der Waals surface area contributed by atoms with Gasteiger partial charge in [-0.05, 0) is 6.42 Å². The number of carbonyl (C=O) groups excluding carboxylic acids is 1. The van der Waals surface area contributed by atoms with Crippen molar-refractivity contribution in [3.63, 3.8) is 0 Å². The molecule has 0 saturated heterocycles. The molecule has 1 aliphatic carbocycles. The summed E-state index contributed by atoms with van der Waals surface area (Å²) in [6.45, 7) is -1.36. The van der Waals surface area contributed by atoms with Gasteiger partial charge in [0.25, 0.3) is 0 Å². The van der Waals surface area contributed by atoms with Crippen molar-refractivity contribution in [2.24, 2.45) is 5.92 Å². The second-order valence-corrected chi connectivity index (χ2v) is 5.66. The summed E-state index contributed by atoms with van der Waals surface area (Å²) in [5, 5.41) is 76.4. The van der Waals surface area contributed by atoms with Gasteiger partial charge in [-0.1, -0.05) is 0 Å². The molecule has 10 nitrogen and oxygen atoms in total. The van der Waals surface area contributed by atoms with Crippen LogP contribution in [0.25, 0.3) is 0 Å². The summed E-state index contributed by atoms with van der Waals surface area (Å²) in [6.07, 6.45) is -13.0. The number of aldehydes is 1. The van der Waals surface area contributed by atoms with Crippen LogP contribution in [0.2, 0.25) is 0 Å². The Bertz CT molecular complexity index is 365. The average molecular weight is 340 g/mol. The molecule has 1 rings (SSSR count). The molecule has 0 spiro atoms. The Labute approximate surface area is 132 Å². The van der Waals surface area contributed by atoms with Gasteiger partial charge in [-0.3, -0.25) is 0 Å². The minimum Gasteiger partial charge on any atom is -0.396 e. The number of ether oxygens (including phenoxy) is 1. The third kappa shape index (κ3) is 4.66. The summed E-state index contributed by atoms with van der Waals surface area (Å²) in [6, 6.07) is 0. The Kier molecular flexibility index (Phi) is 7.94. The SMILES string of the molecule is O=C[C@H](O)[C@@H](O)[C@H](O[C@@H]1C[C@H](CO)[C@H](O)[C@H](O)[C@@H]1O)[C@H](O)CO. The maximum absolute atomic E-state index is 10.5. The molecule has 8 N–H and O–H groups in total. The smallest absolute Gasteiger partial charge is 0.151 e. The summed E-state index contributed by atoms with van der Waals surface area (Å²) < 4.78 is 5.28. The highest BCUT2D eigenvalue weighted by Gasteiger charge is 2.45. The van der Waals surface area contributed by atoms with E-state index in [1.165, 1.54) is 0 Å². The van der Waals surface area contributed by atoms with Crippen LogP contribution in [0.1, 0.15) is 6.42 Å². The van der Waals surface area contributed by atoms with Crippen LogP contribution < -0.4 is 0 Å². The van der Waals surface area contributed by atoms with Gasteiger partial charge in [0.15, 0.2) is 6.29 Å². The van der Waals surface area contributed by atoms with E-state index < -0.39 is 68.0 Å². The quantitative estimate of drug-likeness (QED) is 0.199. The van der Waals surface area contributed by atoms with Crippen LogP contribution in [0.5, 0.6) is 0 Å². The summed E-state index contributed by atoms with van der Waals surface area (Å²) >= 11 is 0.